The van der Waals surface area contributed by atoms with Crippen LogP contribution in [-0.4, -0.2) is 75.2 Å². The Kier molecular flexibility index (Phi) is 8.79. The molecule has 4 aromatic heterocycles. The first kappa shape index (κ1) is 28.8. The van der Waals surface area contributed by atoms with Crippen LogP contribution in [0.5, 0.6) is 11.8 Å². The van der Waals surface area contributed by atoms with Crippen molar-refractivity contribution in [3.8, 4) is 11.8 Å². The fourth-order valence-corrected chi connectivity index (χ4v) is 4.13. The Morgan fingerprint density at radius 3 is 1.79 bits per heavy atom. The lowest BCUT2D eigenvalue weighted by Gasteiger charge is -2.18. The molecule has 0 aliphatic carbocycles. The fraction of sp³-hybridized carbons (Fsp3) is 0.345. The number of ether oxygens (including phenoxy) is 4. The number of nitrogens with two attached hydrogens (primary N) is 1. The van der Waals surface area contributed by atoms with E-state index in [2.05, 4.69) is 15.5 Å². The molecular formula is C29H35N9O4. The van der Waals surface area contributed by atoms with Crippen molar-refractivity contribution >= 4 is 39.8 Å². The molecule has 4 N–H and O–H groups in total. The van der Waals surface area contributed by atoms with Crippen molar-refractivity contribution in [2.45, 2.75) is 39.9 Å². The Balaban J connectivity index is 1.48. The van der Waals surface area contributed by atoms with Crippen molar-refractivity contribution in [1.82, 2.24) is 24.5 Å². The van der Waals surface area contributed by atoms with E-state index in [1.54, 1.807) is 15.2 Å². The molecule has 0 saturated carbocycles. The Morgan fingerprint density at radius 1 is 0.786 bits per heavy atom. The SMILES string of the molecule is CC(C)OCCOc1nn2ccccc2c1/N=C1\N/C(=N\c2c(OCCOC(C)C)nn3ccccc23)C(N)=CC1=N. The molecule has 0 fully saturated rings. The molecule has 1 aliphatic heterocycles. The maximum Gasteiger partial charge on any atom is 0.260 e. The van der Waals surface area contributed by atoms with Gasteiger partial charge >= 0.3 is 0 Å². The largest absolute Gasteiger partial charge is 0.473 e. The molecule has 0 saturated heterocycles. The van der Waals surface area contributed by atoms with Gasteiger partial charge in [-0.3, -0.25) is 5.41 Å². The maximum absolute atomic E-state index is 8.58. The minimum atomic E-state index is 0.0815. The molecule has 1 aliphatic rings. The molecule has 4 aromatic rings. The summed E-state index contributed by atoms with van der Waals surface area (Å²) in [5, 5.41) is 20.8. The molecule has 0 amide bonds. The van der Waals surface area contributed by atoms with Crippen LogP contribution in [0.15, 0.2) is 70.5 Å². The summed E-state index contributed by atoms with van der Waals surface area (Å²) < 4.78 is 26.4. The minimum Gasteiger partial charge on any atom is -0.473 e. The first-order valence-electron chi connectivity index (χ1n) is 13.7. The van der Waals surface area contributed by atoms with Crippen molar-refractivity contribution in [1.29, 1.82) is 5.41 Å². The van der Waals surface area contributed by atoms with E-state index in [4.69, 9.17) is 40.1 Å². The van der Waals surface area contributed by atoms with Crippen molar-refractivity contribution in [2.75, 3.05) is 26.4 Å². The van der Waals surface area contributed by atoms with E-state index in [0.717, 1.165) is 5.52 Å². The lowest BCUT2D eigenvalue weighted by Crippen LogP contribution is -2.42. The zero-order valence-corrected chi connectivity index (χ0v) is 24.1. The first-order valence-corrected chi connectivity index (χ1v) is 13.7. The standard InChI is InChI=1S/C29H35N9O4/c1-18(2)39-13-15-41-28-24(22-9-5-7-11-37(22)35-28)32-26-20(30)17-21(31)27(34-26)33-25-23-10-6-8-12-38(23)36-29(25)42-16-14-40-19(3)4/h5-12,17-19,30H,13-16,31H2,1-4H3,(H,32,33,34). The molecule has 5 heterocycles. The van der Waals surface area contributed by atoms with E-state index in [1.165, 1.54) is 6.08 Å². The number of nitrogens with one attached hydrogen (secondary N) is 2. The zero-order chi connectivity index (χ0) is 29.6. The van der Waals surface area contributed by atoms with E-state index in [-0.39, 0.29) is 29.5 Å². The molecule has 5 rings (SSSR count). The van der Waals surface area contributed by atoms with Gasteiger partial charge in [0.15, 0.2) is 23.0 Å². The number of hydrogen-bond donors (Lipinski definition) is 3. The van der Waals surface area contributed by atoms with Crippen molar-refractivity contribution < 1.29 is 18.9 Å². The number of fused-ring (bicyclic) bond motifs is 2. The van der Waals surface area contributed by atoms with E-state index < -0.39 is 0 Å². The third-order valence-electron chi connectivity index (χ3n) is 6.03. The van der Waals surface area contributed by atoms with Gasteiger partial charge in [0, 0.05) is 12.4 Å². The summed E-state index contributed by atoms with van der Waals surface area (Å²) in [5.74, 6) is 1.18. The lowest BCUT2D eigenvalue weighted by molar-refractivity contribution is 0.0542. The first-order chi connectivity index (χ1) is 20.3. The van der Waals surface area contributed by atoms with Gasteiger partial charge in [0.25, 0.3) is 11.8 Å². The quantitative estimate of drug-likeness (QED) is 0.216. The summed E-state index contributed by atoms with van der Waals surface area (Å²) in [6.07, 6.45) is 5.29. The number of nitrogens with zero attached hydrogens (tertiary/aromatic N) is 6. The summed E-state index contributed by atoms with van der Waals surface area (Å²) in [6, 6.07) is 11.3. The van der Waals surface area contributed by atoms with Crippen molar-refractivity contribution in [3.63, 3.8) is 0 Å². The Labute approximate surface area is 243 Å². The van der Waals surface area contributed by atoms with Gasteiger partial charge in [0.05, 0.1) is 47.9 Å². The highest BCUT2D eigenvalue weighted by molar-refractivity contribution is 6.50. The van der Waals surface area contributed by atoms with Crippen LogP contribution in [0.1, 0.15) is 27.7 Å². The Hall–Kier alpha value is -4.75. The predicted molar refractivity (Wildman–Crippen MR) is 161 cm³/mol. The normalized spacial score (nSPS) is 15.8. The number of amidine groups is 2. The number of aliphatic imine (C=N–C) groups is 2. The molecule has 220 valence electrons. The summed E-state index contributed by atoms with van der Waals surface area (Å²) >= 11 is 0. The van der Waals surface area contributed by atoms with Crippen LogP contribution in [0.2, 0.25) is 0 Å². The molecule has 0 radical (unpaired) electrons. The summed E-state index contributed by atoms with van der Waals surface area (Å²) in [6.45, 7) is 9.26. The second kappa shape index (κ2) is 12.8. The van der Waals surface area contributed by atoms with E-state index >= 15 is 0 Å². The topological polar surface area (TPSA) is 158 Å². The molecule has 42 heavy (non-hydrogen) atoms. The molecule has 0 atom stereocenters. The second-order valence-electron chi connectivity index (χ2n) is 9.96. The molecule has 0 spiro atoms. The summed E-state index contributed by atoms with van der Waals surface area (Å²) in [5.41, 5.74) is 9.06. The number of aromatic nitrogens is 4. The fourth-order valence-electron chi connectivity index (χ4n) is 4.13. The van der Waals surface area contributed by atoms with Crippen LogP contribution >= 0.6 is 0 Å². The number of pyridine rings is 2. The van der Waals surface area contributed by atoms with Crippen LogP contribution in [0, 0.1) is 5.41 Å². The van der Waals surface area contributed by atoms with Crippen LogP contribution in [0.25, 0.3) is 11.0 Å². The zero-order valence-electron chi connectivity index (χ0n) is 24.1. The van der Waals surface area contributed by atoms with E-state index in [9.17, 15) is 0 Å². The van der Waals surface area contributed by atoms with Crippen molar-refractivity contribution in [3.05, 3.63) is 60.6 Å². The summed E-state index contributed by atoms with van der Waals surface area (Å²) in [7, 11) is 0. The molecule has 13 heteroatoms. The third-order valence-corrected chi connectivity index (χ3v) is 6.03. The smallest absolute Gasteiger partial charge is 0.260 e. The van der Waals surface area contributed by atoms with Crippen molar-refractivity contribution in [2.24, 2.45) is 15.7 Å². The highest BCUT2D eigenvalue weighted by atomic mass is 16.5. The monoisotopic (exact) mass is 573 g/mol. The number of hydrogen-bond acceptors (Lipinski definition) is 10. The van der Waals surface area contributed by atoms with Gasteiger partial charge in [-0.2, -0.15) is 0 Å². The maximum atomic E-state index is 8.58. The van der Waals surface area contributed by atoms with E-state index in [1.807, 2.05) is 70.3 Å². The highest BCUT2D eigenvalue weighted by Gasteiger charge is 2.23. The van der Waals surface area contributed by atoms with Gasteiger partial charge in [-0.25, -0.2) is 19.0 Å². The van der Waals surface area contributed by atoms with Gasteiger partial charge < -0.3 is 30.0 Å². The molecule has 0 unspecified atom stereocenters. The van der Waals surface area contributed by atoms with Gasteiger partial charge in [0.1, 0.15) is 13.2 Å². The Bertz CT molecular complexity index is 1670. The molecular weight excluding hydrogens is 538 g/mol. The van der Waals surface area contributed by atoms with Crippen LogP contribution in [-0.2, 0) is 9.47 Å². The van der Waals surface area contributed by atoms with Gasteiger partial charge in [-0.05, 0) is 58.0 Å². The van der Waals surface area contributed by atoms with Gasteiger partial charge in [-0.15, -0.1) is 10.2 Å². The lowest BCUT2D eigenvalue weighted by atomic mass is 10.2. The molecule has 0 bridgehead atoms. The van der Waals surface area contributed by atoms with Gasteiger partial charge in [-0.1, -0.05) is 12.1 Å². The predicted octanol–water partition coefficient (Wildman–Crippen LogP) is 3.82. The summed E-state index contributed by atoms with van der Waals surface area (Å²) in [4.78, 5) is 9.55. The average molecular weight is 574 g/mol. The van der Waals surface area contributed by atoms with Crippen LogP contribution in [0.4, 0.5) is 11.4 Å². The molecule has 13 nitrogen and oxygen atoms in total. The highest BCUT2D eigenvalue weighted by Crippen LogP contribution is 2.34. The number of rotatable bonds is 12. The second-order valence-corrected chi connectivity index (χ2v) is 9.96. The minimum absolute atomic E-state index is 0.0815. The van der Waals surface area contributed by atoms with Crippen LogP contribution in [0.3, 0.4) is 0 Å². The van der Waals surface area contributed by atoms with E-state index in [0.29, 0.717) is 60.9 Å². The van der Waals surface area contributed by atoms with Crippen LogP contribution < -0.4 is 20.5 Å². The third kappa shape index (κ3) is 6.58. The average Bonchev–Trinajstić information content (AvgIpc) is 3.49. The van der Waals surface area contributed by atoms with Gasteiger partial charge in [0.2, 0.25) is 0 Å². The molecule has 0 aromatic carbocycles. The Morgan fingerprint density at radius 2 is 1.29 bits per heavy atom.